The molecule has 1 N–H and O–H groups in total. The summed E-state index contributed by atoms with van der Waals surface area (Å²) >= 11 is 0. The highest BCUT2D eigenvalue weighted by Gasteiger charge is 2.53. The fourth-order valence-electron chi connectivity index (χ4n) is 4.20. The number of nitrogens with zero attached hydrogens (tertiary/aromatic N) is 3. The summed E-state index contributed by atoms with van der Waals surface area (Å²) in [5.74, 6) is 1.46. The summed E-state index contributed by atoms with van der Waals surface area (Å²) in [6.45, 7) is 2.45. The van der Waals surface area contributed by atoms with Crippen LogP contribution in [0.15, 0.2) is 47.2 Å². The van der Waals surface area contributed by atoms with E-state index in [1.807, 2.05) is 13.1 Å². The van der Waals surface area contributed by atoms with Gasteiger partial charge < -0.3 is 9.84 Å². The number of nitrogens with one attached hydrogen (secondary N) is 1. The fraction of sp³-hybridized carbons (Fsp3) is 0.350. The van der Waals surface area contributed by atoms with E-state index in [0.717, 1.165) is 18.4 Å². The van der Waals surface area contributed by atoms with Crippen LogP contribution in [-0.2, 0) is 13.0 Å². The second kappa shape index (κ2) is 5.83. The molecule has 6 heteroatoms. The van der Waals surface area contributed by atoms with E-state index in [4.69, 9.17) is 4.52 Å². The SMILES string of the molecule is Cc1cnn(Cc2cc(C(=O)N[C@H]3[C@H]4CCc5ccccc5[C@@H]43)no2)c1. The standard InChI is InChI=1S/C20H20N4O2/c1-12-9-21-24(10-12)11-14-8-17(23-26-14)20(25)22-19-16-7-6-13-4-2-3-5-15(13)18(16)19/h2-5,8-10,16,18-19H,6-7,11H2,1H3,(H,22,25)/t16-,18-,19-/m0/s1. The first-order chi connectivity index (χ1) is 12.7. The molecule has 1 fully saturated rings. The Morgan fingerprint density at radius 1 is 1.38 bits per heavy atom. The number of benzene rings is 1. The minimum Gasteiger partial charge on any atom is -0.359 e. The van der Waals surface area contributed by atoms with Crippen LogP contribution >= 0.6 is 0 Å². The van der Waals surface area contributed by atoms with Gasteiger partial charge in [-0.25, -0.2) is 0 Å². The maximum Gasteiger partial charge on any atom is 0.273 e. The van der Waals surface area contributed by atoms with Crippen molar-refractivity contribution < 1.29 is 9.32 Å². The molecule has 0 aliphatic heterocycles. The summed E-state index contributed by atoms with van der Waals surface area (Å²) in [6, 6.07) is 10.5. The molecule has 2 aromatic heterocycles. The molecule has 3 aromatic rings. The summed E-state index contributed by atoms with van der Waals surface area (Å²) in [6.07, 6.45) is 5.95. The quantitative estimate of drug-likeness (QED) is 0.787. The van der Waals surface area contributed by atoms with Crippen LogP contribution in [0.4, 0.5) is 0 Å². The highest BCUT2D eigenvalue weighted by atomic mass is 16.5. The predicted molar refractivity (Wildman–Crippen MR) is 94.8 cm³/mol. The van der Waals surface area contributed by atoms with Gasteiger partial charge in [-0.05, 0) is 42.4 Å². The molecule has 6 nitrogen and oxygen atoms in total. The van der Waals surface area contributed by atoms with Crippen molar-refractivity contribution in [1.29, 1.82) is 0 Å². The lowest BCUT2D eigenvalue weighted by molar-refractivity contribution is 0.0939. The molecule has 2 aliphatic rings. The minimum atomic E-state index is -0.159. The average Bonchev–Trinajstić information content (AvgIpc) is 2.95. The molecular formula is C20H20N4O2. The van der Waals surface area contributed by atoms with Crippen LogP contribution in [0, 0.1) is 12.8 Å². The van der Waals surface area contributed by atoms with Crippen molar-refractivity contribution in [2.75, 3.05) is 0 Å². The van der Waals surface area contributed by atoms with Gasteiger partial charge in [0.15, 0.2) is 11.5 Å². The van der Waals surface area contributed by atoms with Crippen molar-refractivity contribution in [2.45, 2.75) is 38.3 Å². The Balaban J connectivity index is 1.26. The predicted octanol–water partition coefficient (Wildman–Crippen LogP) is 2.69. The number of aromatic nitrogens is 3. The third-order valence-electron chi connectivity index (χ3n) is 5.50. The number of carbonyl (C=O) groups is 1. The van der Waals surface area contributed by atoms with Gasteiger partial charge in [0, 0.05) is 24.2 Å². The molecule has 1 amide bonds. The monoisotopic (exact) mass is 348 g/mol. The number of amides is 1. The van der Waals surface area contributed by atoms with Gasteiger partial charge in [-0.15, -0.1) is 0 Å². The maximum atomic E-state index is 12.6. The van der Waals surface area contributed by atoms with Crippen molar-refractivity contribution in [3.63, 3.8) is 0 Å². The molecule has 3 atom stereocenters. The summed E-state index contributed by atoms with van der Waals surface area (Å²) in [5.41, 5.74) is 4.23. The Morgan fingerprint density at radius 2 is 2.27 bits per heavy atom. The van der Waals surface area contributed by atoms with Gasteiger partial charge in [-0.1, -0.05) is 29.4 Å². The minimum absolute atomic E-state index is 0.159. The zero-order chi connectivity index (χ0) is 17.7. The third kappa shape index (κ3) is 2.62. The van der Waals surface area contributed by atoms with E-state index >= 15 is 0 Å². The van der Waals surface area contributed by atoms with Gasteiger partial charge in [0.05, 0.1) is 6.20 Å². The molecule has 0 unspecified atom stereocenters. The van der Waals surface area contributed by atoms with E-state index in [-0.39, 0.29) is 11.9 Å². The van der Waals surface area contributed by atoms with Crippen LogP contribution in [0.25, 0.3) is 0 Å². The fourth-order valence-corrected chi connectivity index (χ4v) is 4.20. The van der Waals surface area contributed by atoms with Crippen molar-refractivity contribution in [1.82, 2.24) is 20.3 Å². The molecule has 1 saturated carbocycles. The van der Waals surface area contributed by atoms with Gasteiger partial charge in [-0.2, -0.15) is 5.10 Å². The Hall–Kier alpha value is -2.89. The van der Waals surface area contributed by atoms with Gasteiger partial charge in [0.2, 0.25) is 0 Å². The molecule has 26 heavy (non-hydrogen) atoms. The number of hydrogen-bond acceptors (Lipinski definition) is 4. The Kier molecular flexibility index (Phi) is 3.45. The van der Waals surface area contributed by atoms with Crippen LogP contribution in [0.5, 0.6) is 0 Å². The molecular weight excluding hydrogens is 328 g/mol. The van der Waals surface area contributed by atoms with E-state index < -0.39 is 0 Å². The average molecular weight is 348 g/mol. The number of fused-ring (bicyclic) bond motifs is 3. The molecule has 5 rings (SSSR count). The zero-order valence-corrected chi connectivity index (χ0v) is 14.6. The first kappa shape index (κ1) is 15.4. The highest BCUT2D eigenvalue weighted by molar-refractivity contribution is 5.92. The van der Waals surface area contributed by atoms with E-state index in [0.29, 0.717) is 29.8 Å². The van der Waals surface area contributed by atoms with Crippen molar-refractivity contribution >= 4 is 5.91 Å². The molecule has 2 aliphatic carbocycles. The van der Waals surface area contributed by atoms with Crippen LogP contribution in [0.1, 0.15) is 45.3 Å². The number of aryl methyl sites for hydroxylation is 2. The van der Waals surface area contributed by atoms with E-state index in [1.165, 1.54) is 11.1 Å². The number of rotatable bonds is 4. The van der Waals surface area contributed by atoms with Crippen LogP contribution in [0.3, 0.4) is 0 Å². The topological polar surface area (TPSA) is 73.0 Å². The van der Waals surface area contributed by atoms with Gasteiger partial charge in [0.1, 0.15) is 6.54 Å². The van der Waals surface area contributed by atoms with Crippen LogP contribution < -0.4 is 5.32 Å². The van der Waals surface area contributed by atoms with Crippen LogP contribution in [0.2, 0.25) is 0 Å². The second-order valence-corrected chi connectivity index (χ2v) is 7.32. The zero-order valence-electron chi connectivity index (χ0n) is 14.6. The summed E-state index contributed by atoms with van der Waals surface area (Å²) in [4.78, 5) is 12.6. The molecule has 0 saturated heterocycles. The number of carbonyl (C=O) groups excluding carboxylic acids is 1. The molecule has 1 aromatic carbocycles. The lowest BCUT2D eigenvalue weighted by Gasteiger charge is -2.13. The summed E-state index contributed by atoms with van der Waals surface area (Å²) in [5, 5.41) is 11.3. The Morgan fingerprint density at radius 3 is 3.12 bits per heavy atom. The summed E-state index contributed by atoms with van der Waals surface area (Å²) < 4.78 is 7.07. The largest absolute Gasteiger partial charge is 0.359 e. The Labute approximate surface area is 151 Å². The Bertz CT molecular complexity index is 974. The molecule has 0 spiro atoms. The molecule has 0 bridgehead atoms. The first-order valence-electron chi connectivity index (χ1n) is 9.02. The molecule has 0 radical (unpaired) electrons. The van der Waals surface area contributed by atoms with E-state index in [2.05, 4.69) is 39.8 Å². The smallest absolute Gasteiger partial charge is 0.273 e. The first-order valence-corrected chi connectivity index (χ1v) is 9.02. The van der Waals surface area contributed by atoms with Crippen LogP contribution in [-0.4, -0.2) is 26.9 Å². The maximum absolute atomic E-state index is 12.6. The van der Waals surface area contributed by atoms with Crippen molar-refractivity contribution in [3.8, 4) is 0 Å². The second-order valence-electron chi connectivity index (χ2n) is 7.32. The lowest BCUT2D eigenvalue weighted by atomic mass is 9.92. The molecule has 132 valence electrons. The van der Waals surface area contributed by atoms with E-state index in [1.54, 1.807) is 16.9 Å². The van der Waals surface area contributed by atoms with Crippen molar-refractivity contribution in [2.24, 2.45) is 5.92 Å². The normalized spacial score (nSPS) is 23.2. The molecule has 2 heterocycles. The van der Waals surface area contributed by atoms with Gasteiger partial charge in [0.25, 0.3) is 5.91 Å². The number of hydrogen-bond donors (Lipinski definition) is 1. The van der Waals surface area contributed by atoms with Crippen molar-refractivity contribution in [3.05, 3.63) is 70.9 Å². The third-order valence-corrected chi connectivity index (χ3v) is 5.50. The highest BCUT2D eigenvalue weighted by Crippen LogP contribution is 2.54. The van der Waals surface area contributed by atoms with E-state index in [9.17, 15) is 4.79 Å². The summed E-state index contributed by atoms with van der Waals surface area (Å²) in [7, 11) is 0. The van der Waals surface area contributed by atoms with Gasteiger partial charge in [-0.3, -0.25) is 9.48 Å². The lowest BCUT2D eigenvalue weighted by Crippen LogP contribution is -2.27. The van der Waals surface area contributed by atoms with Gasteiger partial charge >= 0.3 is 0 Å².